The highest BCUT2D eigenvalue weighted by molar-refractivity contribution is 6.40. The van der Waals surface area contributed by atoms with Crippen LogP contribution in [0.15, 0.2) is 24.4 Å². The van der Waals surface area contributed by atoms with Gasteiger partial charge in [0.2, 0.25) is 0 Å². The quantitative estimate of drug-likeness (QED) is 0.139. The molecule has 1 aromatic carbocycles. The molecule has 0 saturated carbocycles. The van der Waals surface area contributed by atoms with Crippen molar-refractivity contribution in [2.45, 2.75) is 96.7 Å². The molecule has 0 radical (unpaired) electrons. The van der Waals surface area contributed by atoms with Gasteiger partial charge in [0.25, 0.3) is 11.8 Å². The number of ether oxygens (including phenoxy) is 1. The van der Waals surface area contributed by atoms with Crippen LogP contribution in [0, 0.1) is 0 Å². The number of amides is 2. The zero-order valence-electron chi connectivity index (χ0n) is 23.7. The SMILES string of the molecule is CCCCCCCCCCCC(=O)OCn1cc(NC(=O)c2c(Cl)cccc2Cl)c(C(=O)NC2CCNCC2)n1.Cl. The van der Waals surface area contributed by atoms with E-state index in [2.05, 4.69) is 28.0 Å². The van der Waals surface area contributed by atoms with Gasteiger partial charge in [0.05, 0.1) is 27.5 Å². The molecule has 12 heteroatoms. The lowest BCUT2D eigenvalue weighted by atomic mass is 10.1. The van der Waals surface area contributed by atoms with Crippen molar-refractivity contribution in [2.75, 3.05) is 18.4 Å². The predicted molar refractivity (Wildman–Crippen MR) is 165 cm³/mol. The molecule has 1 aliphatic rings. The summed E-state index contributed by atoms with van der Waals surface area (Å²) in [6.07, 6.45) is 13.8. The lowest BCUT2D eigenvalue weighted by molar-refractivity contribution is -0.148. The Hall–Kier alpha value is -2.33. The summed E-state index contributed by atoms with van der Waals surface area (Å²) in [5.41, 5.74) is 0.281. The second kappa shape index (κ2) is 19.0. The van der Waals surface area contributed by atoms with Gasteiger partial charge >= 0.3 is 5.97 Å². The van der Waals surface area contributed by atoms with E-state index in [4.69, 9.17) is 27.9 Å². The molecule has 9 nitrogen and oxygen atoms in total. The number of piperidine rings is 1. The van der Waals surface area contributed by atoms with Crippen LogP contribution in [0.25, 0.3) is 0 Å². The smallest absolute Gasteiger partial charge is 0.307 e. The van der Waals surface area contributed by atoms with E-state index in [1.807, 2.05) is 0 Å². The molecule has 1 aliphatic heterocycles. The maximum Gasteiger partial charge on any atom is 0.307 e. The van der Waals surface area contributed by atoms with E-state index < -0.39 is 11.8 Å². The molecule has 0 aliphatic carbocycles. The van der Waals surface area contributed by atoms with Crippen molar-refractivity contribution < 1.29 is 19.1 Å². The van der Waals surface area contributed by atoms with Crippen molar-refractivity contribution >= 4 is 59.1 Å². The summed E-state index contributed by atoms with van der Waals surface area (Å²) in [6.45, 7) is 3.66. The number of aromatic nitrogens is 2. The fourth-order valence-corrected chi connectivity index (χ4v) is 5.23. The number of esters is 1. The van der Waals surface area contributed by atoms with Crippen LogP contribution >= 0.6 is 35.6 Å². The summed E-state index contributed by atoms with van der Waals surface area (Å²) >= 11 is 12.4. The zero-order chi connectivity index (χ0) is 28.7. The van der Waals surface area contributed by atoms with E-state index in [1.54, 1.807) is 18.2 Å². The van der Waals surface area contributed by atoms with Crippen LogP contribution in [0.5, 0.6) is 0 Å². The summed E-state index contributed by atoms with van der Waals surface area (Å²) in [5.74, 6) is -1.33. The number of halogens is 3. The molecule has 0 bridgehead atoms. The third-order valence-corrected chi connectivity index (χ3v) is 7.56. The van der Waals surface area contributed by atoms with E-state index in [-0.39, 0.29) is 58.1 Å². The average molecular weight is 631 g/mol. The molecular weight excluding hydrogens is 589 g/mol. The third-order valence-electron chi connectivity index (χ3n) is 6.93. The van der Waals surface area contributed by atoms with E-state index >= 15 is 0 Å². The summed E-state index contributed by atoms with van der Waals surface area (Å²) in [6, 6.07) is 4.75. The van der Waals surface area contributed by atoms with Crippen LogP contribution in [0.1, 0.15) is 105 Å². The van der Waals surface area contributed by atoms with E-state index in [1.165, 1.54) is 49.4 Å². The second-order valence-electron chi connectivity index (χ2n) is 10.2. The molecule has 3 rings (SSSR count). The maximum atomic E-state index is 13.1. The molecule has 1 fully saturated rings. The third kappa shape index (κ3) is 11.8. The van der Waals surface area contributed by atoms with Gasteiger partial charge in [-0.3, -0.25) is 14.4 Å². The lowest BCUT2D eigenvalue weighted by Crippen LogP contribution is -2.43. The first-order chi connectivity index (χ1) is 19.4. The van der Waals surface area contributed by atoms with Crippen LogP contribution < -0.4 is 16.0 Å². The topological polar surface area (TPSA) is 114 Å². The van der Waals surface area contributed by atoms with Gasteiger partial charge < -0.3 is 20.7 Å². The number of anilines is 1. The molecule has 2 amide bonds. The molecule has 3 N–H and O–H groups in total. The van der Waals surface area contributed by atoms with Gasteiger partial charge in [0.1, 0.15) is 0 Å². The molecule has 0 spiro atoms. The monoisotopic (exact) mass is 629 g/mol. The second-order valence-corrected chi connectivity index (χ2v) is 11.0. The number of benzene rings is 1. The van der Waals surface area contributed by atoms with Crippen LogP contribution in [0.2, 0.25) is 10.0 Å². The summed E-state index contributed by atoms with van der Waals surface area (Å²) in [5, 5.41) is 13.6. The highest BCUT2D eigenvalue weighted by Crippen LogP contribution is 2.26. The van der Waals surface area contributed by atoms with Crippen molar-refractivity contribution in [1.29, 1.82) is 0 Å². The van der Waals surface area contributed by atoms with Crippen LogP contribution in [-0.4, -0.2) is 46.7 Å². The normalized spacial score (nSPS) is 13.3. The molecule has 0 atom stereocenters. The summed E-state index contributed by atoms with van der Waals surface area (Å²) in [4.78, 5) is 38.4. The Morgan fingerprint density at radius 2 is 1.59 bits per heavy atom. The highest BCUT2D eigenvalue weighted by atomic mass is 35.5. The van der Waals surface area contributed by atoms with Gasteiger partial charge in [-0.05, 0) is 44.5 Å². The minimum Gasteiger partial charge on any atom is -0.442 e. The highest BCUT2D eigenvalue weighted by Gasteiger charge is 2.24. The summed E-state index contributed by atoms with van der Waals surface area (Å²) < 4.78 is 6.72. The number of unbranched alkanes of at least 4 members (excludes halogenated alkanes) is 8. The number of nitrogens with one attached hydrogen (secondary N) is 3. The molecule has 1 saturated heterocycles. The van der Waals surface area contributed by atoms with Crippen molar-refractivity contribution in [3.63, 3.8) is 0 Å². The van der Waals surface area contributed by atoms with Gasteiger partial charge in [-0.15, -0.1) is 12.4 Å². The van der Waals surface area contributed by atoms with E-state index in [0.717, 1.165) is 45.2 Å². The van der Waals surface area contributed by atoms with Gasteiger partial charge in [-0.25, -0.2) is 4.68 Å². The summed E-state index contributed by atoms with van der Waals surface area (Å²) in [7, 11) is 0. The molecule has 2 aromatic rings. The minimum atomic E-state index is -0.576. The van der Waals surface area contributed by atoms with Gasteiger partial charge in [0.15, 0.2) is 12.4 Å². The molecule has 0 unspecified atom stereocenters. The van der Waals surface area contributed by atoms with Crippen LogP contribution in [0.4, 0.5) is 5.69 Å². The molecular formula is C29H42Cl3N5O4. The largest absolute Gasteiger partial charge is 0.442 e. The van der Waals surface area contributed by atoms with Gasteiger partial charge in [0, 0.05) is 12.5 Å². The Labute approximate surface area is 258 Å². The molecule has 41 heavy (non-hydrogen) atoms. The number of rotatable bonds is 16. The molecule has 1 aromatic heterocycles. The lowest BCUT2D eigenvalue weighted by Gasteiger charge is -2.23. The maximum absolute atomic E-state index is 13.1. The predicted octanol–water partition coefficient (Wildman–Crippen LogP) is 6.77. The van der Waals surface area contributed by atoms with Crippen LogP contribution in [-0.2, 0) is 16.3 Å². The average Bonchev–Trinajstić information content (AvgIpc) is 3.34. The molecule has 2 heterocycles. The van der Waals surface area contributed by atoms with E-state index in [0.29, 0.717) is 6.42 Å². The number of hydrogen-bond donors (Lipinski definition) is 3. The van der Waals surface area contributed by atoms with Crippen molar-refractivity contribution in [2.24, 2.45) is 0 Å². The van der Waals surface area contributed by atoms with Gasteiger partial charge in [-0.1, -0.05) is 87.6 Å². The Morgan fingerprint density at radius 1 is 0.976 bits per heavy atom. The number of carbonyl (C=O) groups is 3. The fraction of sp³-hybridized carbons (Fsp3) is 0.586. The van der Waals surface area contributed by atoms with Crippen molar-refractivity contribution in [3.8, 4) is 0 Å². The van der Waals surface area contributed by atoms with Crippen molar-refractivity contribution in [3.05, 3.63) is 45.7 Å². The first kappa shape index (κ1) is 34.9. The Morgan fingerprint density at radius 3 is 2.22 bits per heavy atom. The number of nitrogens with zero attached hydrogens (tertiary/aromatic N) is 2. The standard InChI is InChI=1S/C29H41Cl2N5O4.ClH/c1-2-3-4-5-6-7-8-9-10-14-25(37)40-20-36-19-24(34-28(38)26-22(30)12-11-13-23(26)31)27(35-36)29(39)33-21-15-17-32-18-16-21;/h11-13,19,21,32H,2-10,14-18,20H2,1H3,(H,33,39)(H,34,38);1H. The first-order valence-corrected chi connectivity index (χ1v) is 15.1. The Bertz CT molecular complexity index is 1100. The van der Waals surface area contributed by atoms with E-state index in [9.17, 15) is 14.4 Å². The first-order valence-electron chi connectivity index (χ1n) is 14.4. The Kier molecular flexibility index (Phi) is 16.1. The number of carbonyl (C=O) groups excluding carboxylic acids is 3. The number of hydrogen-bond acceptors (Lipinski definition) is 6. The minimum absolute atomic E-state index is 0. The zero-order valence-corrected chi connectivity index (χ0v) is 26.0. The fourth-order valence-electron chi connectivity index (χ4n) is 4.66. The molecule has 228 valence electrons. The Balaban J connectivity index is 0.00000588. The van der Waals surface area contributed by atoms with Crippen molar-refractivity contribution in [1.82, 2.24) is 20.4 Å². The van der Waals surface area contributed by atoms with Crippen LogP contribution in [0.3, 0.4) is 0 Å². The van der Waals surface area contributed by atoms with Gasteiger partial charge in [-0.2, -0.15) is 5.10 Å².